The molecule has 2 rings (SSSR count). The van der Waals surface area contributed by atoms with E-state index in [1.807, 2.05) is 24.3 Å². The highest BCUT2D eigenvalue weighted by Crippen LogP contribution is 2.25. The molecule has 60 valence electrons. The summed E-state index contributed by atoms with van der Waals surface area (Å²) in [6.07, 6.45) is 5.33. The largest absolute Gasteiger partial charge is 0.356 e. The summed E-state index contributed by atoms with van der Waals surface area (Å²) < 4.78 is 0. The number of nitrogens with zero attached hydrogens (tertiary/aromatic N) is 1. The Balaban J connectivity index is 2.53. The van der Waals surface area contributed by atoms with Crippen molar-refractivity contribution in [3.63, 3.8) is 0 Å². The molecule has 1 aliphatic heterocycles. The zero-order valence-electron chi connectivity index (χ0n) is 6.20. The highest BCUT2D eigenvalue weighted by atomic mass is 35.5. The molecule has 0 saturated carbocycles. The Morgan fingerprint density at radius 2 is 2.25 bits per heavy atom. The molecule has 0 atom stereocenters. The highest BCUT2D eigenvalue weighted by Gasteiger charge is 2.02. The van der Waals surface area contributed by atoms with E-state index < -0.39 is 0 Å². The summed E-state index contributed by atoms with van der Waals surface area (Å²) in [4.78, 5) is 5.05. The van der Waals surface area contributed by atoms with Gasteiger partial charge in [-0.25, -0.2) is 0 Å². The van der Waals surface area contributed by atoms with E-state index in [9.17, 15) is 0 Å². The van der Waals surface area contributed by atoms with Crippen molar-refractivity contribution in [2.45, 2.75) is 0 Å². The van der Waals surface area contributed by atoms with Gasteiger partial charge in [-0.3, -0.25) is 0 Å². The first-order chi connectivity index (χ1) is 5.86. The molecule has 1 heterocycles. The second-order valence-electron chi connectivity index (χ2n) is 2.39. The predicted octanol–water partition coefficient (Wildman–Crippen LogP) is 2.73. The average molecular weight is 180 g/mol. The number of hydrogen-bond acceptors (Lipinski definition) is 2. The molecule has 0 fully saturated rings. The molecular formula is C9H6ClNO. The molecule has 0 spiro atoms. The van der Waals surface area contributed by atoms with Crippen LogP contribution in [0.25, 0.3) is 6.08 Å². The van der Waals surface area contributed by atoms with Gasteiger partial charge in [-0.15, -0.1) is 0 Å². The summed E-state index contributed by atoms with van der Waals surface area (Å²) in [5, 5.41) is 4.33. The number of allylic oxidation sites excluding steroid dienone is 1. The van der Waals surface area contributed by atoms with Crippen molar-refractivity contribution in [3.05, 3.63) is 34.9 Å². The number of hydrogen-bond donors (Lipinski definition) is 0. The fraction of sp³-hybridized carbons (Fsp3) is 0. The van der Waals surface area contributed by atoms with Gasteiger partial charge < -0.3 is 4.84 Å². The first-order valence-electron chi connectivity index (χ1n) is 3.53. The van der Waals surface area contributed by atoms with E-state index in [2.05, 4.69) is 5.16 Å². The van der Waals surface area contributed by atoms with Gasteiger partial charge in [0, 0.05) is 16.7 Å². The fourth-order valence-electron chi connectivity index (χ4n) is 0.994. The lowest BCUT2D eigenvalue weighted by molar-refractivity contribution is 0.344. The van der Waals surface area contributed by atoms with Gasteiger partial charge >= 0.3 is 0 Å². The van der Waals surface area contributed by atoms with Crippen molar-refractivity contribution in [1.82, 2.24) is 0 Å². The Kier molecular flexibility index (Phi) is 1.84. The number of oxime groups is 1. The third-order valence-electron chi connectivity index (χ3n) is 1.55. The number of halogens is 1. The molecule has 1 aliphatic rings. The zero-order valence-corrected chi connectivity index (χ0v) is 6.95. The lowest BCUT2D eigenvalue weighted by atomic mass is 10.2. The van der Waals surface area contributed by atoms with Gasteiger partial charge in [-0.05, 0) is 24.3 Å². The van der Waals surface area contributed by atoms with Crippen LogP contribution in [0.1, 0.15) is 5.56 Å². The third kappa shape index (κ3) is 1.34. The smallest absolute Gasteiger partial charge is 0.166 e. The summed E-state index contributed by atoms with van der Waals surface area (Å²) in [6, 6.07) is 5.45. The molecule has 0 amide bonds. The fourth-order valence-corrected chi connectivity index (χ4v) is 1.16. The topological polar surface area (TPSA) is 21.6 Å². The summed E-state index contributed by atoms with van der Waals surface area (Å²) in [7, 11) is 0. The van der Waals surface area contributed by atoms with E-state index in [1.54, 1.807) is 12.3 Å². The van der Waals surface area contributed by atoms with E-state index >= 15 is 0 Å². The maximum absolute atomic E-state index is 5.77. The molecule has 0 aliphatic carbocycles. The highest BCUT2D eigenvalue weighted by molar-refractivity contribution is 6.30. The molecule has 0 N–H and O–H groups in total. The van der Waals surface area contributed by atoms with Crippen LogP contribution >= 0.6 is 11.6 Å². The van der Waals surface area contributed by atoms with Crippen LogP contribution in [0.2, 0.25) is 5.02 Å². The van der Waals surface area contributed by atoms with Crippen molar-refractivity contribution in [2.24, 2.45) is 5.16 Å². The minimum Gasteiger partial charge on any atom is -0.356 e. The Morgan fingerprint density at radius 3 is 3.17 bits per heavy atom. The van der Waals surface area contributed by atoms with Crippen LogP contribution in [0.3, 0.4) is 0 Å². The van der Waals surface area contributed by atoms with E-state index in [-0.39, 0.29) is 0 Å². The molecule has 0 saturated heterocycles. The average Bonchev–Trinajstić information content (AvgIpc) is 2.28. The van der Waals surface area contributed by atoms with Crippen LogP contribution in [-0.4, -0.2) is 6.21 Å². The Labute approximate surface area is 75.1 Å². The standard InChI is InChI=1S/C9H6ClNO/c10-8-4-3-7-2-1-5-11-12-9(7)6-8/h1-6H. The minimum absolute atomic E-state index is 0.652. The third-order valence-corrected chi connectivity index (χ3v) is 1.78. The molecule has 12 heavy (non-hydrogen) atoms. The van der Waals surface area contributed by atoms with Gasteiger partial charge in [0.05, 0.1) is 6.21 Å². The zero-order chi connectivity index (χ0) is 8.39. The van der Waals surface area contributed by atoms with Crippen molar-refractivity contribution in [1.29, 1.82) is 0 Å². The van der Waals surface area contributed by atoms with Gasteiger partial charge in [-0.1, -0.05) is 16.8 Å². The molecule has 1 aromatic rings. The van der Waals surface area contributed by atoms with Crippen LogP contribution in [0.5, 0.6) is 5.75 Å². The second kappa shape index (κ2) is 2.99. The van der Waals surface area contributed by atoms with E-state index in [0.29, 0.717) is 10.8 Å². The molecule has 1 aromatic carbocycles. The normalized spacial score (nSPS) is 13.4. The van der Waals surface area contributed by atoms with Crippen LogP contribution in [0.4, 0.5) is 0 Å². The number of benzene rings is 1. The number of fused-ring (bicyclic) bond motifs is 1. The molecule has 0 radical (unpaired) electrons. The Hall–Kier alpha value is -1.28. The van der Waals surface area contributed by atoms with Crippen LogP contribution in [0, 0.1) is 0 Å². The minimum atomic E-state index is 0.652. The van der Waals surface area contributed by atoms with Crippen LogP contribution < -0.4 is 4.84 Å². The molecule has 3 heteroatoms. The molecular weight excluding hydrogens is 174 g/mol. The van der Waals surface area contributed by atoms with Crippen molar-refractivity contribution in [3.8, 4) is 5.75 Å². The van der Waals surface area contributed by atoms with Gasteiger partial charge in [0.2, 0.25) is 0 Å². The Morgan fingerprint density at radius 1 is 1.33 bits per heavy atom. The van der Waals surface area contributed by atoms with Gasteiger partial charge in [-0.2, -0.15) is 0 Å². The van der Waals surface area contributed by atoms with Gasteiger partial charge in [0.25, 0.3) is 0 Å². The first-order valence-corrected chi connectivity index (χ1v) is 3.91. The molecule has 0 unspecified atom stereocenters. The molecule has 2 nitrogen and oxygen atoms in total. The second-order valence-corrected chi connectivity index (χ2v) is 2.82. The van der Waals surface area contributed by atoms with Crippen molar-refractivity contribution < 1.29 is 4.84 Å². The Bertz CT molecular complexity index is 358. The van der Waals surface area contributed by atoms with Crippen LogP contribution in [0.15, 0.2) is 29.4 Å². The van der Waals surface area contributed by atoms with E-state index in [4.69, 9.17) is 16.4 Å². The van der Waals surface area contributed by atoms with Crippen LogP contribution in [-0.2, 0) is 0 Å². The maximum Gasteiger partial charge on any atom is 0.166 e. The molecule has 0 aromatic heterocycles. The summed E-state index contributed by atoms with van der Waals surface area (Å²) in [5.41, 5.74) is 0.983. The van der Waals surface area contributed by atoms with Gasteiger partial charge in [0.15, 0.2) is 5.75 Å². The predicted molar refractivity (Wildman–Crippen MR) is 49.6 cm³/mol. The van der Waals surface area contributed by atoms with E-state index in [0.717, 1.165) is 5.56 Å². The lowest BCUT2D eigenvalue weighted by Crippen LogP contribution is -1.83. The monoisotopic (exact) mass is 179 g/mol. The van der Waals surface area contributed by atoms with Crippen molar-refractivity contribution >= 4 is 23.9 Å². The quantitative estimate of drug-likeness (QED) is 0.600. The SMILES string of the molecule is Clc1ccc2c(c1)ON=CC=C2. The van der Waals surface area contributed by atoms with E-state index in [1.165, 1.54) is 0 Å². The molecule has 0 bridgehead atoms. The first kappa shape index (κ1) is 7.37. The number of rotatable bonds is 0. The maximum atomic E-state index is 5.77. The van der Waals surface area contributed by atoms with Crippen molar-refractivity contribution in [2.75, 3.05) is 0 Å². The van der Waals surface area contributed by atoms with Gasteiger partial charge in [0.1, 0.15) is 0 Å². The lowest BCUT2D eigenvalue weighted by Gasteiger charge is -2.01. The summed E-state index contributed by atoms with van der Waals surface area (Å²) >= 11 is 5.77. The summed E-state index contributed by atoms with van der Waals surface area (Å²) in [5.74, 6) is 0.688. The summed E-state index contributed by atoms with van der Waals surface area (Å²) in [6.45, 7) is 0.